The second-order valence-corrected chi connectivity index (χ2v) is 8.30. The fraction of sp³-hybridized carbons (Fsp3) is 0.0667. The zero-order valence-corrected chi connectivity index (χ0v) is 18.8. The number of aryl methyl sites for hydroxylation is 1. The van der Waals surface area contributed by atoms with Gasteiger partial charge in [0.25, 0.3) is 0 Å². The van der Waals surface area contributed by atoms with Crippen LogP contribution in [0.4, 0.5) is 4.39 Å². The number of benzene rings is 4. The summed E-state index contributed by atoms with van der Waals surface area (Å²) in [5.41, 5.74) is 2.95. The number of ketones is 1. The van der Waals surface area contributed by atoms with E-state index < -0.39 is 0 Å². The van der Waals surface area contributed by atoms with Gasteiger partial charge in [-0.05, 0) is 71.3 Å². The van der Waals surface area contributed by atoms with Crippen molar-refractivity contribution in [3.63, 3.8) is 0 Å². The summed E-state index contributed by atoms with van der Waals surface area (Å²) in [7, 11) is 0. The first-order valence-electron chi connectivity index (χ1n) is 11.0. The van der Waals surface area contributed by atoms with Crippen molar-refractivity contribution in [3.05, 3.63) is 119 Å². The second kappa shape index (κ2) is 8.46. The summed E-state index contributed by atoms with van der Waals surface area (Å²) in [5, 5.41) is 14.0. The first kappa shape index (κ1) is 21.4. The Morgan fingerprint density at radius 1 is 0.882 bits per heavy atom. The Morgan fingerprint density at radius 3 is 2.09 bits per heavy atom. The van der Waals surface area contributed by atoms with Gasteiger partial charge in [0.1, 0.15) is 17.5 Å². The van der Waals surface area contributed by atoms with E-state index in [9.17, 15) is 14.4 Å². The molecule has 3 nitrogen and oxygen atoms in total. The van der Waals surface area contributed by atoms with E-state index in [1.807, 2.05) is 55.5 Å². The van der Waals surface area contributed by atoms with Crippen molar-refractivity contribution >= 4 is 33.4 Å². The zero-order chi connectivity index (χ0) is 23.8. The topological polar surface area (TPSA) is 45.8 Å². The van der Waals surface area contributed by atoms with Gasteiger partial charge < -0.3 is 4.57 Å². The van der Waals surface area contributed by atoms with E-state index >= 15 is 0 Å². The van der Waals surface area contributed by atoms with Gasteiger partial charge in [0, 0.05) is 17.0 Å². The molecule has 34 heavy (non-hydrogen) atoms. The van der Waals surface area contributed by atoms with Gasteiger partial charge in [-0.2, -0.15) is 5.26 Å². The van der Waals surface area contributed by atoms with Crippen LogP contribution >= 0.6 is 0 Å². The number of carbonyl (C=O) groups excluding carboxylic acids is 1. The molecule has 0 fully saturated rings. The van der Waals surface area contributed by atoms with Crippen molar-refractivity contribution in [1.29, 1.82) is 5.26 Å². The van der Waals surface area contributed by atoms with Gasteiger partial charge in [0.2, 0.25) is 5.78 Å². The lowest BCUT2D eigenvalue weighted by molar-refractivity contribution is 0.103. The first-order valence-corrected chi connectivity index (χ1v) is 11.0. The molecular weight excluding hydrogens is 423 g/mol. The van der Waals surface area contributed by atoms with E-state index in [-0.39, 0.29) is 17.2 Å². The molecule has 0 aliphatic rings. The fourth-order valence-electron chi connectivity index (χ4n) is 4.64. The van der Waals surface area contributed by atoms with Crippen molar-refractivity contribution in [2.45, 2.75) is 13.8 Å². The Labute approximate surface area is 197 Å². The number of carbonyl (C=O) groups is 1. The lowest BCUT2D eigenvalue weighted by Crippen LogP contribution is -2.06. The Bertz CT molecular complexity index is 1610. The molecule has 0 amide bonds. The average Bonchev–Trinajstić information content (AvgIpc) is 3.15. The van der Waals surface area contributed by atoms with Gasteiger partial charge in [-0.3, -0.25) is 4.79 Å². The predicted octanol–water partition coefficient (Wildman–Crippen LogP) is 7.33. The van der Waals surface area contributed by atoms with Crippen molar-refractivity contribution in [3.8, 4) is 11.8 Å². The number of rotatable bonds is 4. The summed E-state index contributed by atoms with van der Waals surface area (Å²) in [6.45, 7) is 3.60. The van der Waals surface area contributed by atoms with Gasteiger partial charge in [-0.25, -0.2) is 4.39 Å². The Hall–Kier alpha value is -4.49. The molecular formula is C30H21FN2O. The van der Waals surface area contributed by atoms with E-state index in [2.05, 4.69) is 12.1 Å². The summed E-state index contributed by atoms with van der Waals surface area (Å²) >= 11 is 0. The van der Waals surface area contributed by atoms with Crippen LogP contribution < -0.4 is 0 Å². The normalized spacial score (nSPS) is 11.6. The molecule has 0 N–H and O–H groups in total. The molecule has 0 bridgehead atoms. The molecule has 0 radical (unpaired) electrons. The van der Waals surface area contributed by atoms with Gasteiger partial charge in [0.15, 0.2) is 0 Å². The standard InChI is InChI=1S/C30H21FN2O/c1-19-15-26(20(2)33(19)29-14-8-7-13-28(29)31)30(34)23(18-32)17-27-24-11-5-3-9-21(24)16-22-10-4-6-12-25(22)27/h3-17H,1-2H3. The van der Waals surface area contributed by atoms with Crippen molar-refractivity contribution in [2.75, 3.05) is 0 Å². The van der Waals surface area contributed by atoms with Gasteiger partial charge in [0.05, 0.1) is 5.69 Å². The smallest absolute Gasteiger partial charge is 0.205 e. The number of para-hydroxylation sites is 1. The van der Waals surface area contributed by atoms with E-state index in [0.717, 1.165) is 32.8 Å². The molecule has 1 aromatic heterocycles. The molecule has 1 heterocycles. The van der Waals surface area contributed by atoms with Crippen LogP contribution in [-0.4, -0.2) is 10.4 Å². The first-order chi connectivity index (χ1) is 16.5. The highest BCUT2D eigenvalue weighted by Crippen LogP contribution is 2.31. The highest BCUT2D eigenvalue weighted by atomic mass is 19.1. The van der Waals surface area contributed by atoms with Gasteiger partial charge in [-0.1, -0.05) is 60.7 Å². The molecule has 164 valence electrons. The van der Waals surface area contributed by atoms with Crippen LogP contribution in [0.2, 0.25) is 0 Å². The predicted molar refractivity (Wildman–Crippen MR) is 135 cm³/mol. The number of aromatic nitrogens is 1. The molecule has 0 saturated carbocycles. The second-order valence-electron chi connectivity index (χ2n) is 8.30. The molecule has 0 saturated heterocycles. The van der Waals surface area contributed by atoms with E-state index in [1.54, 1.807) is 41.8 Å². The maximum Gasteiger partial charge on any atom is 0.205 e. The van der Waals surface area contributed by atoms with Crippen LogP contribution in [0.15, 0.2) is 90.5 Å². The third-order valence-corrected chi connectivity index (χ3v) is 6.24. The maximum atomic E-state index is 14.5. The minimum absolute atomic E-state index is 0.0373. The summed E-state index contributed by atoms with van der Waals surface area (Å²) in [6, 6.07) is 28.3. The maximum absolute atomic E-state index is 14.5. The van der Waals surface area contributed by atoms with Gasteiger partial charge >= 0.3 is 0 Å². The van der Waals surface area contributed by atoms with E-state index in [0.29, 0.717) is 16.9 Å². The minimum Gasteiger partial charge on any atom is -0.315 e. The highest BCUT2D eigenvalue weighted by molar-refractivity contribution is 6.17. The number of halogens is 1. The lowest BCUT2D eigenvalue weighted by Gasteiger charge is -2.11. The third kappa shape index (κ3) is 3.48. The van der Waals surface area contributed by atoms with Crippen molar-refractivity contribution < 1.29 is 9.18 Å². The summed E-state index contributed by atoms with van der Waals surface area (Å²) in [4.78, 5) is 13.6. The molecule has 4 aromatic carbocycles. The average molecular weight is 445 g/mol. The number of fused-ring (bicyclic) bond motifs is 2. The van der Waals surface area contributed by atoms with E-state index in [1.165, 1.54) is 6.07 Å². The molecule has 0 spiro atoms. The van der Waals surface area contributed by atoms with Crippen LogP contribution in [0.5, 0.6) is 0 Å². The number of Topliss-reactive ketones (excluding diaryl/α,β-unsaturated/α-hetero) is 1. The summed E-state index contributed by atoms with van der Waals surface area (Å²) in [5.74, 6) is -0.753. The molecule has 5 rings (SSSR count). The number of allylic oxidation sites excluding steroid dienone is 1. The zero-order valence-electron chi connectivity index (χ0n) is 18.8. The Kier molecular flexibility index (Phi) is 5.31. The van der Waals surface area contributed by atoms with Crippen LogP contribution in [0.1, 0.15) is 27.3 Å². The Balaban J connectivity index is 1.69. The minimum atomic E-state index is -0.379. The quantitative estimate of drug-likeness (QED) is 0.126. The largest absolute Gasteiger partial charge is 0.315 e. The van der Waals surface area contributed by atoms with Crippen molar-refractivity contribution in [2.24, 2.45) is 0 Å². The monoisotopic (exact) mass is 444 g/mol. The van der Waals surface area contributed by atoms with Crippen LogP contribution in [0.3, 0.4) is 0 Å². The SMILES string of the molecule is Cc1cc(C(=O)C(C#N)=Cc2c3ccccc3cc3ccccc23)c(C)n1-c1ccccc1F. The van der Waals surface area contributed by atoms with Crippen LogP contribution in [0.25, 0.3) is 33.3 Å². The molecule has 0 unspecified atom stereocenters. The lowest BCUT2D eigenvalue weighted by atomic mass is 9.94. The van der Waals surface area contributed by atoms with E-state index in [4.69, 9.17) is 0 Å². The molecule has 0 aliphatic heterocycles. The molecule has 4 heteroatoms. The van der Waals surface area contributed by atoms with Gasteiger partial charge in [-0.15, -0.1) is 0 Å². The van der Waals surface area contributed by atoms with Crippen molar-refractivity contribution in [1.82, 2.24) is 4.57 Å². The molecule has 0 aliphatic carbocycles. The Morgan fingerprint density at radius 2 is 1.47 bits per heavy atom. The van der Waals surface area contributed by atoms with Crippen LogP contribution in [0, 0.1) is 31.0 Å². The number of hydrogen-bond donors (Lipinski definition) is 0. The number of nitriles is 1. The fourth-order valence-corrected chi connectivity index (χ4v) is 4.64. The highest BCUT2D eigenvalue weighted by Gasteiger charge is 2.21. The molecule has 5 aromatic rings. The summed E-state index contributed by atoms with van der Waals surface area (Å²) < 4.78 is 16.2. The third-order valence-electron chi connectivity index (χ3n) is 6.24. The number of nitrogens with zero attached hydrogens (tertiary/aromatic N) is 2. The van der Waals surface area contributed by atoms with Crippen LogP contribution in [-0.2, 0) is 0 Å². The molecule has 0 atom stereocenters. The summed E-state index contributed by atoms with van der Waals surface area (Å²) in [6.07, 6.45) is 1.68. The number of hydrogen-bond acceptors (Lipinski definition) is 2.